The van der Waals surface area contributed by atoms with Crippen molar-refractivity contribution in [3.63, 3.8) is 0 Å². The first-order valence-electron chi connectivity index (χ1n) is 4.93. The van der Waals surface area contributed by atoms with E-state index in [1.807, 2.05) is 6.92 Å². The van der Waals surface area contributed by atoms with Crippen molar-refractivity contribution >= 4 is 0 Å². The van der Waals surface area contributed by atoms with Crippen LogP contribution in [-0.4, -0.2) is 11.2 Å². The average Bonchev–Trinajstić information content (AvgIpc) is 2.85. The van der Waals surface area contributed by atoms with E-state index < -0.39 is 0 Å². The lowest BCUT2D eigenvalue weighted by atomic mass is 10.1. The van der Waals surface area contributed by atoms with E-state index in [0.29, 0.717) is 11.8 Å². The van der Waals surface area contributed by atoms with Crippen LogP contribution in [0.5, 0.6) is 0 Å². The fourth-order valence-electron chi connectivity index (χ4n) is 1.94. The van der Waals surface area contributed by atoms with E-state index in [9.17, 15) is 5.11 Å². The first-order valence-corrected chi connectivity index (χ1v) is 4.93. The molecule has 1 N–H and O–H groups in total. The maximum atomic E-state index is 9.38. The highest BCUT2D eigenvalue weighted by Crippen LogP contribution is 2.49. The molecule has 1 nitrogen and oxygen atoms in total. The van der Waals surface area contributed by atoms with Crippen LogP contribution >= 0.6 is 0 Å². The van der Waals surface area contributed by atoms with E-state index in [1.54, 1.807) is 0 Å². The summed E-state index contributed by atoms with van der Waals surface area (Å²) in [6.45, 7) is 3.99. The lowest BCUT2D eigenvalue weighted by molar-refractivity contribution is 0.169. The van der Waals surface area contributed by atoms with Gasteiger partial charge in [0.2, 0.25) is 0 Å². The smallest absolute Gasteiger partial charge is 0.0546 e. The van der Waals surface area contributed by atoms with Crippen molar-refractivity contribution in [3.05, 3.63) is 35.4 Å². The minimum atomic E-state index is -0.147. The van der Waals surface area contributed by atoms with E-state index in [-0.39, 0.29) is 6.10 Å². The molecule has 0 amide bonds. The van der Waals surface area contributed by atoms with Crippen molar-refractivity contribution in [1.29, 1.82) is 0 Å². The summed E-state index contributed by atoms with van der Waals surface area (Å²) >= 11 is 0. The fraction of sp³-hybridized carbons (Fsp3) is 0.500. The van der Waals surface area contributed by atoms with Crippen LogP contribution in [0.4, 0.5) is 0 Å². The zero-order valence-electron chi connectivity index (χ0n) is 8.20. The van der Waals surface area contributed by atoms with Crippen LogP contribution in [0.2, 0.25) is 0 Å². The predicted molar refractivity (Wildman–Crippen MR) is 53.7 cm³/mol. The third-order valence-corrected chi connectivity index (χ3v) is 2.96. The van der Waals surface area contributed by atoms with Crippen molar-refractivity contribution < 1.29 is 5.11 Å². The summed E-state index contributed by atoms with van der Waals surface area (Å²) in [6.07, 6.45) is 1.01. The Labute approximate surface area is 79.4 Å². The summed E-state index contributed by atoms with van der Waals surface area (Å²) in [5.74, 6) is 1.11. The molecule has 1 heteroatoms. The summed E-state index contributed by atoms with van der Waals surface area (Å²) in [5.41, 5.74) is 2.69. The molecule has 0 unspecified atom stereocenters. The molecule has 0 heterocycles. The van der Waals surface area contributed by atoms with E-state index >= 15 is 0 Å². The summed E-state index contributed by atoms with van der Waals surface area (Å²) in [4.78, 5) is 0. The Morgan fingerprint density at radius 3 is 2.38 bits per heavy atom. The molecule has 1 fully saturated rings. The second-order valence-corrected chi connectivity index (χ2v) is 4.16. The van der Waals surface area contributed by atoms with Crippen molar-refractivity contribution in [2.75, 3.05) is 0 Å². The summed E-state index contributed by atoms with van der Waals surface area (Å²) in [6, 6.07) is 8.66. The number of aryl methyl sites for hydroxylation is 1. The van der Waals surface area contributed by atoms with Crippen LogP contribution in [0.25, 0.3) is 0 Å². The first-order chi connectivity index (χ1) is 6.18. The standard InChI is InChI=1S/C12H16O/c1-8-3-5-10(6-4-8)12-7-11(12)9(2)13/h3-6,9,11-13H,7H2,1-2H3/t9-,11+,12+/m1/s1. The van der Waals surface area contributed by atoms with Gasteiger partial charge in [-0.1, -0.05) is 29.8 Å². The quantitative estimate of drug-likeness (QED) is 0.734. The number of benzene rings is 1. The second-order valence-electron chi connectivity index (χ2n) is 4.16. The van der Waals surface area contributed by atoms with Gasteiger partial charge in [-0.3, -0.25) is 0 Å². The normalized spacial score (nSPS) is 28.5. The monoisotopic (exact) mass is 176 g/mol. The molecule has 2 rings (SSSR count). The highest BCUT2D eigenvalue weighted by Gasteiger charge is 2.41. The topological polar surface area (TPSA) is 20.2 Å². The molecule has 1 aromatic rings. The van der Waals surface area contributed by atoms with Gasteiger partial charge in [-0.25, -0.2) is 0 Å². The minimum Gasteiger partial charge on any atom is -0.393 e. The third-order valence-electron chi connectivity index (χ3n) is 2.96. The van der Waals surface area contributed by atoms with E-state index in [0.717, 1.165) is 6.42 Å². The maximum Gasteiger partial charge on any atom is 0.0546 e. The van der Waals surface area contributed by atoms with Crippen molar-refractivity contribution in [2.24, 2.45) is 5.92 Å². The van der Waals surface area contributed by atoms with Crippen LogP contribution in [0, 0.1) is 12.8 Å². The number of hydrogen-bond donors (Lipinski definition) is 1. The zero-order chi connectivity index (χ0) is 9.42. The largest absolute Gasteiger partial charge is 0.393 e. The molecule has 1 aromatic carbocycles. The molecule has 0 radical (unpaired) electrons. The number of rotatable bonds is 2. The van der Waals surface area contributed by atoms with Gasteiger partial charge < -0.3 is 5.11 Å². The summed E-state index contributed by atoms with van der Waals surface area (Å²) in [5, 5.41) is 9.38. The third kappa shape index (κ3) is 1.75. The minimum absolute atomic E-state index is 0.147. The predicted octanol–water partition coefficient (Wildman–Crippen LogP) is 2.48. The Morgan fingerprint density at radius 2 is 1.92 bits per heavy atom. The van der Waals surface area contributed by atoms with E-state index in [4.69, 9.17) is 0 Å². The molecule has 0 aromatic heterocycles. The average molecular weight is 176 g/mol. The highest BCUT2D eigenvalue weighted by molar-refractivity contribution is 5.29. The highest BCUT2D eigenvalue weighted by atomic mass is 16.3. The van der Waals surface area contributed by atoms with Gasteiger partial charge in [0.1, 0.15) is 0 Å². The molecule has 0 saturated heterocycles. The molecule has 1 saturated carbocycles. The van der Waals surface area contributed by atoms with E-state index in [2.05, 4.69) is 31.2 Å². The number of aliphatic hydroxyl groups excluding tert-OH is 1. The molecule has 1 aliphatic carbocycles. The number of aliphatic hydroxyl groups is 1. The summed E-state index contributed by atoms with van der Waals surface area (Å²) in [7, 11) is 0. The van der Waals surface area contributed by atoms with Gasteiger partial charge in [-0.05, 0) is 37.7 Å². The fourth-order valence-corrected chi connectivity index (χ4v) is 1.94. The Hall–Kier alpha value is -0.820. The Morgan fingerprint density at radius 1 is 1.31 bits per heavy atom. The Bertz CT molecular complexity index is 286. The molecule has 3 atom stereocenters. The maximum absolute atomic E-state index is 9.38. The van der Waals surface area contributed by atoms with Gasteiger partial charge in [0.15, 0.2) is 0 Å². The molecule has 70 valence electrons. The van der Waals surface area contributed by atoms with Gasteiger partial charge in [-0.15, -0.1) is 0 Å². The van der Waals surface area contributed by atoms with Crippen molar-refractivity contribution in [1.82, 2.24) is 0 Å². The summed E-state index contributed by atoms with van der Waals surface area (Å²) < 4.78 is 0. The zero-order valence-corrected chi connectivity index (χ0v) is 8.20. The van der Waals surface area contributed by atoms with E-state index in [1.165, 1.54) is 11.1 Å². The van der Waals surface area contributed by atoms with Crippen LogP contribution in [-0.2, 0) is 0 Å². The van der Waals surface area contributed by atoms with Gasteiger partial charge in [-0.2, -0.15) is 0 Å². The van der Waals surface area contributed by atoms with Gasteiger partial charge in [0.25, 0.3) is 0 Å². The SMILES string of the molecule is Cc1ccc([C@@H]2C[C@H]2[C@@H](C)O)cc1. The lowest BCUT2D eigenvalue weighted by Crippen LogP contribution is -2.03. The van der Waals surface area contributed by atoms with Crippen molar-refractivity contribution in [3.8, 4) is 0 Å². The van der Waals surface area contributed by atoms with Gasteiger partial charge in [0, 0.05) is 0 Å². The number of hydrogen-bond acceptors (Lipinski definition) is 1. The molecule has 0 aliphatic heterocycles. The molecule has 0 bridgehead atoms. The van der Waals surface area contributed by atoms with Crippen LogP contribution < -0.4 is 0 Å². The molecule has 1 aliphatic rings. The van der Waals surface area contributed by atoms with Crippen LogP contribution in [0.3, 0.4) is 0 Å². The van der Waals surface area contributed by atoms with Gasteiger partial charge >= 0.3 is 0 Å². The molecule has 13 heavy (non-hydrogen) atoms. The Balaban J connectivity index is 2.08. The van der Waals surface area contributed by atoms with Crippen LogP contribution in [0.1, 0.15) is 30.4 Å². The molecular weight excluding hydrogens is 160 g/mol. The van der Waals surface area contributed by atoms with Crippen LogP contribution in [0.15, 0.2) is 24.3 Å². The second kappa shape index (κ2) is 3.15. The van der Waals surface area contributed by atoms with Crippen molar-refractivity contribution in [2.45, 2.75) is 32.3 Å². The lowest BCUT2D eigenvalue weighted by Gasteiger charge is -2.03. The first kappa shape index (κ1) is 8.76. The molecule has 0 spiro atoms. The van der Waals surface area contributed by atoms with Gasteiger partial charge in [0.05, 0.1) is 6.10 Å². The molecular formula is C12H16O. The Kier molecular flexibility index (Phi) is 2.12.